The smallest absolute Gasteiger partial charge is 0.349 e. The first-order valence-corrected chi connectivity index (χ1v) is 9.33. The Balaban J connectivity index is 1.65. The summed E-state index contributed by atoms with van der Waals surface area (Å²) in [6, 6.07) is 7.77. The molecule has 2 heterocycles. The molecule has 1 fully saturated rings. The monoisotopic (exact) mass is 372 g/mol. The molecule has 1 aliphatic rings. The number of aryl methyl sites for hydroxylation is 1. The second kappa shape index (κ2) is 6.64. The van der Waals surface area contributed by atoms with E-state index in [2.05, 4.69) is 5.10 Å². The molecule has 0 saturated heterocycles. The van der Waals surface area contributed by atoms with Crippen LogP contribution in [0.1, 0.15) is 41.0 Å². The van der Waals surface area contributed by atoms with E-state index in [0.29, 0.717) is 23.4 Å². The molecular weight excluding hydrogens is 355 g/mol. The van der Waals surface area contributed by atoms with Gasteiger partial charge in [0.15, 0.2) is 11.9 Å². The van der Waals surface area contributed by atoms with Crippen LogP contribution in [-0.4, -0.2) is 27.6 Å². The molecule has 0 radical (unpaired) electrons. The number of ketones is 1. The molecular formula is C19H17FN2O3S. The van der Waals surface area contributed by atoms with E-state index < -0.39 is 12.1 Å². The molecule has 5 nitrogen and oxygen atoms in total. The number of nitrogens with zero attached hydrogens (tertiary/aromatic N) is 2. The van der Waals surface area contributed by atoms with Crippen molar-refractivity contribution in [3.63, 3.8) is 0 Å². The summed E-state index contributed by atoms with van der Waals surface area (Å²) in [4.78, 5) is 25.6. The van der Waals surface area contributed by atoms with Crippen molar-refractivity contribution in [2.24, 2.45) is 0 Å². The van der Waals surface area contributed by atoms with Crippen LogP contribution in [0.3, 0.4) is 0 Å². The fraction of sp³-hybridized carbons (Fsp3) is 0.316. The van der Waals surface area contributed by atoms with E-state index >= 15 is 0 Å². The zero-order chi connectivity index (χ0) is 18.3. The summed E-state index contributed by atoms with van der Waals surface area (Å²) in [5, 5.41) is 5.32. The highest BCUT2D eigenvalue weighted by Crippen LogP contribution is 2.31. The molecule has 0 bridgehead atoms. The molecule has 1 aliphatic carbocycles. The van der Waals surface area contributed by atoms with Gasteiger partial charge in [0, 0.05) is 11.8 Å². The summed E-state index contributed by atoms with van der Waals surface area (Å²) < 4.78 is 20.3. The van der Waals surface area contributed by atoms with Crippen LogP contribution in [0.15, 0.2) is 30.3 Å². The SMILES string of the molecule is Cc1nn(-c2ccc(F)cc2)c2sc(C(=O)O[C@H]3CCCCC3=O)cc12. The normalized spacial score (nSPS) is 17.6. The molecule has 0 spiro atoms. The summed E-state index contributed by atoms with van der Waals surface area (Å²) in [5.74, 6) is -0.794. The van der Waals surface area contributed by atoms with Gasteiger partial charge in [0.05, 0.1) is 11.4 Å². The summed E-state index contributed by atoms with van der Waals surface area (Å²) >= 11 is 1.26. The van der Waals surface area contributed by atoms with Crippen LogP contribution < -0.4 is 0 Å². The van der Waals surface area contributed by atoms with Crippen molar-refractivity contribution in [3.8, 4) is 5.69 Å². The van der Waals surface area contributed by atoms with Crippen molar-refractivity contribution in [3.05, 3.63) is 46.7 Å². The zero-order valence-corrected chi connectivity index (χ0v) is 15.0. The number of fused-ring (bicyclic) bond motifs is 1. The van der Waals surface area contributed by atoms with Gasteiger partial charge in [-0.25, -0.2) is 13.9 Å². The van der Waals surface area contributed by atoms with Crippen LogP contribution in [0.2, 0.25) is 0 Å². The molecule has 7 heteroatoms. The average Bonchev–Trinajstić information content (AvgIpc) is 3.19. The molecule has 1 saturated carbocycles. The van der Waals surface area contributed by atoms with Gasteiger partial charge in [-0.2, -0.15) is 5.10 Å². The lowest BCUT2D eigenvalue weighted by Crippen LogP contribution is -2.29. The van der Waals surface area contributed by atoms with Gasteiger partial charge in [-0.1, -0.05) is 0 Å². The fourth-order valence-corrected chi connectivity index (χ4v) is 4.23. The van der Waals surface area contributed by atoms with Gasteiger partial charge in [0.2, 0.25) is 0 Å². The molecule has 0 unspecified atom stereocenters. The molecule has 1 aromatic carbocycles. The van der Waals surface area contributed by atoms with Gasteiger partial charge < -0.3 is 4.74 Å². The first-order chi connectivity index (χ1) is 12.5. The highest BCUT2D eigenvalue weighted by atomic mass is 32.1. The van der Waals surface area contributed by atoms with Crippen LogP contribution >= 0.6 is 11.3 Å². The number of hydrogen-bond acceptors (Lipinski definition) is 5. The maximum Gasteiger partial charge on any atom is 0.349 e. The van der Waals surface area contributed by atoms with Crippen LogP contribution in [0.25, 0.3) is 15.9 Å². The number of aromatic nitrogens is 2. The van der Waals surface area contributed by atoms with Crippen molar-refractivity contribution in [2.75, 3.05) is 0 Å². The van der Waals surface area contributed by atoms with Crippen molar-refractivity contribution in [1.82, 2.24) is 9.78 Å². The molecule has 0 N–H and O–H groups in total. The Morgan fingerprint density at radius 3 is 2.81 bits per heavy atom. The number of benzene rings is 1. The fourth-order valence-electron chi connectivity index (χ4n) is 3.17. The molecule has 26 heavy (non-hydrogen) atoms. The number of halogens is 1. The Bertz CT molecular complexity index is 990. The summed E-state index contributed by atoms with van der Waals surface area (Å²) in [7, 11) is 0. The van der Waals surface area contributed by atoms with Gasteiger partial charge >= 0.3 is 5.97 Å². The standard InChI is InChI=1S/C19H17FN2O3S/c1-11-14-10-17(19(24)25-16-5-3-2-4-15(16)23)26-18(14)22(21-11)13-8-6-12(20)7-9-13/h6-10,16H,2-5H2,1H3/t16-/m0/s1. The molecule has 0 amide bonds. The predicted molar refractivity (Wildman–Crippen MR) is 96.3 cm³/mol. The highest BCUT2D eigenvalue weighted by Gasteiger charge is 2.27. The topological polar surface area (TPSA) is 61.2 Å². The summed E-state index contributed by atoms with van der Waals surface area (Å²) in [6.45, 7) is 1.86. The maximum absolute atomic E-state index is 13.2. The van der Waals surface area contributed by atoms with Gasteiger partial charge in [-0.05, 0) is 56.5 Å². The first-order valence-electron chi connectivity index (χ1n) is 8.52. The number of thiophene rings is 1. The van der Waals surface area contributed by atoms with Gasteiger partial charge in [0.25, 0.3) is 0 Å². The molecule has 4 rings (SSSR count). The molecule has 0 aliphatic heterocycles. The van der Waals surface area contributed by atoms with E-state index in [9.17, 15) is 14.0 Å². The number of esters is 1. The largest absolute Gasteiger partial charge is 0.450 e. The number of hydrogen-bond donors (Lipinski definition) is 0. The van der Waals surface area contributed by atoms with E-state index in [-0.39, 0.29) is 11.6 Å². The van der Waals surface area contributed by atoms with E-state index in [0.717, 1.165) is 28.8 Å². The van der Waals surface area contributed by atoms with Crippen molar-refractivity contribution >= 4 is 33.3 Å². The van der Waals surface area contributed by atoms with Crippen molar-refractivity contribution in [2.45, 2.75) is 38.7 Å². The average molecular weight is 372 g/mol. The Kier molecular flexibility index (Phi) is 4.32. The molecule has 3 aromatic rings. The van der Waals surface area contributed by atoms with Crippen LogP contribution in [-0.2, 0) is 9.53 Å². The van der Waals surface area contributed by atoms with Crippen LogP contribution in [0.4, 0.5) is 4.39 Å². The second-order valence-electron chi connectivity index (χ2n) is 6.41. The van der Waals surface area contributed by atoms with Gasteiger partial charge in [-0.15, -0.1) is 11.3 Å². The number of carbonyl (C=O) groups excluding carboxylic acids is 2. The minimum atomic E-state index is -0.629. The van der Waals surface area contributed by atoms with E-state index in [4.69, 9.17) is 4.74 Å². The lowest BCUT2D eigenvalue weighted by molar-refractivity contribution is -0.129. The van der Waals surface area contributed by atoms with Crippen LogP contribution in [0, 0.1) is 12.7 Å². The quantitative estimate of drug-likeness (QED) is 0.647. The van der Waals surface area contributed by atoms with E-state index in [1.54, 1.807) is 22.9 Å². The van der Waals surface area contributed by atoms with E-state index in [1.165, 1.54) is 23.5 Å². The second-order valence-corrected chi connectivity index (χ2v) is 7.44. The highest BCUT2D eigenvalue weighted by molar-refractivity contribution is 7.20. The molecule has 134 valence electrons. The summed E-state index contributed by atoms with van der Waals surface area (Å²) in [5.41, 5.74) is 1.49. The van der Waals surface area contributed by atoms with Crippen molar-refractivity contribution in [1.29, 1.82) is 0 Å². The molecule has 2 aromatic heterocycles. The number of rotatable bonds is 3. The minimum absolute atomic E-state index is 0.000575. The number of carbonyl (C=O) groups is 2. The lowest BCUT2D eigenvalue weighted by atomic mass is 9.96. The first kappa shape index (κ1) is 16.9. The Hall–Kier alpha value is -2.54. The van der Waals surface area contributed by atoms with Gasteiger partial charge in [0.1, 0.15) is 15.5 Å². The third kappa shape index (κ3) is 3.03. The Morgan fingerprint density at radius 2 is 2.08 bits per heavy atom. The zero-order valence-electron chi connectivity index (χ0n) is 14.2. The minimum Gasteiger partial charge on any atom is -0.450 e. The Labute approximate surface area is 153 Å². The third-order valence-corrected chi connectivity index (χ3v) is 5.66. The number of ether oxygens (including phenoxy) is 1. The van der Waals surface area contributed by atoms with Crippen molar-refractivity contribution < 1.29 is 18.7 Å². The van der Waals surface area contributed by atoms with Crippen LogP contribution in [0.5, 0.6) is 0 Å². The molecule has 1 atom stereocenters. The Morgan fingerprint density at radius 1 is 1.31 bits per heavy atom. The number of Topliss-reactive ketones (excluding diaryl/α,β-unsaturated/α-hetero) is 1. The van der Waals surface area contributed by atoms with Gasteiger partial charge in [-0.3, -0.25) is 4.79 Å². The lowest BCUT2D eigenvalue weighted by Gasteiger charge is -2.20. The predicted octanol–water partition coefficient (Wildman–Crippen LogP) is 4.20. The maximum atomic E-state index is 13.2. The van der Waals surface area contributed by atoms with E-state index in [1.807, 2.05) is 6.92 Å². The summed E-state index contributed by atoms with van der Waals surface area (Å²) in [6.07, 6.45) is 2.20. The third-order valence-electron chi connectivity index (χ3n) is 4.56.